The highest BCUT2D eigenvalue weighted by Crippen LogP contribution is 2.31. The van der Waals surface area contributed by atoms with Crippen LogP contribution < -0.4 is 15.4 Å². The molecule has 18 heavy (non-hydrogen) atoms. The lowest BCUT2D eigenvalue weighted by Gasteiger charge is -2.29. The van der Waals surface area contributed by atoms with Crippen molar-refractivity contribution >= 4 is 11.6 Å². The van der Waals surface area contributed by atoms with Gasteiger partial charge in [0, 0.05) is 12.6 Å². The second-order valence-electron chi connectivity index (χ2n) is 5.37. The van der Waals surface area contributed by atoms with E-state index >= 15 is 0 Å². The molecule has 0 fully saturated rings. The molecule has 0 saturated carbocycles. The Bertz CT molecular complexity index is 387. The quantitative estimate of drug-likeness (QED) is 0.844. The van der Waals surface area contributed by atoms with Gasteiger partial charge in [-0.3, -0.25) is 0 Å². The van der Waals surface area contributed by atoms with E-state index in [1.165, 1.54) is 6.33 Å². The highest BCUT2D eigenvalue weighted by molar-refractivity contribution is 5.63. The highest BCUT2D eigenvalue weighted by Gasteiger charge is 2.22. The van der Waals surface area contributed by atoms with Gasteiger partial charge in [-0.15, -0.1) is 0 Å². The smallest absolute Gasteiger partial charge is 0.204 e. The summed E-state index contributed by atoms with van der Waals surface area (Å²) < 4.78 is 5.39. The molecule has 1 atom stereocenters. The van der Waals surface area contributed by atoms with Crippen LogP contribution in [0.4, 0.5) is 11.6 Å². The monoisotopic (exact) mass is 252 g/mol. The predicted octanol–water partition coefficient (Wildman–Crippen LogP) is 2.76. The minimum atomic E-state index is 0.147. The molecule has 1 aromatic heterocycles. The van der Waals surface area contributed by atoms with Gasteiger partial charge >= 0.3 is 0 Å². The zero-order valence-electron chi connectivity index (χ0n) is 12.2. The van der Waals surface area contributed by atoms with Crippen LogP contribution in [-0.2, 0) is 0 Å². The third kappa shape index (κ3) is 3.48. The first-order valence-corrected chi connectivity index (χ1v) is 6.29. The van der Waals surface area contributed by atoms with E-state index in [-0.39, 0.29) is 11.5 Å². The summed E-state index contributed by atoms with van der Waals surface area (Å²) >= 11 is 0. The average Bonchev–Trinajstić information content (AvgIpc) is 2.28. The van der Waals surface area contributed by atoms with E-state index in [1.807, 2.05) is 6.92 Å². The summed E-state index contributed by atoms with van der Waals surface area (Å²) in [4.78, 5) is 8.44. The Morgan fingerprint density at radius 1 is 1.28 bits per heavy atom. The Morgan fingerprint density at radius 2 is 1.89 bits per heavy atom. The molecule has 102 valence electrons. The molecule has 2 N–H and O–H groups in total. The number of hydrogen-bond donors (Lipinski definition) is 2. The van der Waals surface area contributed by atoms with Crippen LogP contribution in [0.25, 0.3) is 0 Å². The maximum Gasteiger partial charge on any atom is 0.204 e. The first-order valence-electron chi connectivity index (χ1n) is 6.29. The second kappa shape index (κ2) is 5.89. The summed E-state index contributed by atoms with van der Waals surface area (Å²) in [6, 6.07) is 0.274. The molecule has 0 spiro atoms. The fourth-order valence-corrected chi connectivity index (χ4v) is 1.38. The zero-order valence-corrected chi connectivity index (χ0v) is 12.2. The molecule has 0 aliphatic carbocycles. The third-order valence-corrected chi connectivity index (χ3v) is 3.00. The van der Waals surface area contributed by atoms with Crippen molar-refractivity contribution in [3.63, 3.8) is 0 Å². The lowest BCUT2D eigenvalue weighted by Crippen LogP contribution is -2.31. The highest BCUT2D eigenvalue weighted by atomic mass is 16.5. The first kappa shape index (κ1) is 14.5. The molecule has 1 heterocycles. The molecule has 0 radical (unpaired) electrons. The fraction of sp³-hybridized carbons (Fsp3) is 0.692. The van der Waals surface area contributed by atoms with Gasteiger partial charge in [-0.2, -0.15) is 0 Å². The van der Waals surface area contributed by atoms with Crippen molar-refractivity contribution in [3.8, 4) is 5.75 Å². The van der Waals surface area contributed by atoms with Crippen LogP contribution >= 0.6 is 0 Å². The molecule has 0 amide bonds. The van der Waals surface area contributed by atoms with Crippen LogP contribution in [0, 0.1) is 5.41 Å². The van der Waals surface area contributed by atoms with Gasteiger partial charge in [0.2, 0.25) is 5.75 Å². The largest absolute Gasteiger partial charge is 0.490 e. The van der Waals surface area contributed by atoms with Crippen molar-refractivity contribution in [2.24, 2.45) is 5.41 Å². The normalized spacial score (nSPS) is 13.0. The van der Waals surface area contributed by atoms with E-state index in [2.05, 4.69) is 48.3 Å². The maximum atomic E-state index is 5.39. The molecule has 1 rings (SSSR count). The topological polar surface area (TPSA) is 59.1 Å². The van der Waals surface area contributed by atoms with Gasteiger partial charge in [0.1, 0.15) is 6.33 Å². The van der Waals surface area contributed by atoms with Crippen molar-refractivity contribution in [1.82, 2.24) is 9.97 Å². The van der Waals surface area contributed by atoms with Crippen molar-refractivity contribution in [1.29, 1.82) is 0 Å². The van der Waals surface area contributed by atoms with Crippen molar-refractivity contribution in [2.45, 2.75) is 40.7 Å². The van der Waals surface area contributed by atoms with Crippen LogP contribution in [0.2, 0.25) is 0 Å². The Balaban J connectivity index is 2.98. The summed E-state index contributed by atoms with van der Waals surface area (Å²) in [5, 5.41) is 6.55. The molecule has 1 unspecified atom stereocenters. The zero-order chi connectivity index (χ0) is 13.8. The van der Waals surface area contributed by atoms with Gasteiger partial charge in [-0.1, -0.05) is 20.8 Å². The van der Waals surface area contributed by atoms with E-state index in [0.717, 1.165) is 18.2 Å². The van der Waals surface area contributed by atoms with Crippen molar-refractivity contribution in [3.05, 3.63) is 6.33 Å². The number of rotatable bonds is 5. The predicted molar refractivity (Wildman–Crippen MR) is 75.3 cm³/mol. The van der Waals surface area contributed by atoms with E-state index < -0.39 is 0 Å². The lowest BCUT2D eigenvalue weighted by atomic mass is 9.88. The van der Waals surface area contributed by atoms with Crippen LogP contribution in [0.15, 0.2) is 6.33 Å². The number of hydrogen-bond acceptors (Lipinski definition) is 5. The first-order chi connectivity index (χ1) is 8.40. The Kier molecular flexibility index (Phi) is 4.76. The Labute approximate surface area is 109 Å². The van der Waals surface area contributed by atoms with Crippen molar-refractivity contribution < 1.29 is 4.74 Å². The molecule has 0 aliphatic rings. The molecule has 0 aliphatic heterocycles. The molecule has 5 nitrogen and oxygen atoms in total. The lowest BCUT2D eigenvalue weighted by molar-refractivity contribution is 0.355. The molecule has 5 heteroatoms. The number of methoxy groups -OCH3 is 1. The minimum Gasteiger partial charge on any atom is -0.490 e. The van der Waals surface area contributed by atoms with E-state index in [9.17, 15) is 0 Å². The SMILES string of the molecule is CCNc1ncnc(NC(C)C(C)(C)C)c1OC. The summed E-state index contributed by atoms with van der Waals surface area (Å²) in [6.07, 6.45) is 1.54. The number of nitrogens with zero attached hydrogens (tertiary/aromatic N) is 2. The van der Waals surface area contributed by atoms with Crippen LogP contribution in [-0.4, -0.2) is 29.7 Å². The number of aromatic nitrogens is 2. The van der Waals surface area contributed by atoms with E-state index in [1.54, 1.807) is 7.11 Å². The van der Waals surface area contributed by atoms with Gasteiger partial charge in [0.25, 0.3) is 0 Å². The molecular formula is C13H24N4O. The summed E-state index contributed by atoms with van der Waals surface area (Å²) in [5.74, 6) is 2.11. The molecule has 0 aromatic carbocycles. The third-order valence-electron chi connectivity index (χ3n) is 3.00. The van der Waals surface area contributed by atoms with Crippen LogP contribution in [0.5, 0.6) is 5.75 Å². The van der Waals surface area contributed by atoms with Gasteiger partial charge in [-0.25, -0.2) is 9.97 Å². The van der Waals surface area contributed by atoms with E-state index in [0.29, 0.717) is 5.75 Å². The summed E-state index contributed by atoms with van der Waals surface area (Å²) in [6.45, 7) is 11.5. The molecular weight excluding hydrogens is 228 g/mol. The summed E-state index contributed by atoms with van der Waals surface area (Å²) in [5.41, 5.74) is 0.147. The Hall–Kier alpha value is -1.52. The van der Waals surface area contributed by atoms with Gasteiger partial charge in [0.15, 0.2) is 11.6 Å². The number of ether oxygens (including phenoxy) is 1. The molecule has 0 bridgehead atoms. The maximum absolute atomic E-state index is 5.39. The fourth-order valence-electron chi connectivity index (χ4n) is 1.38. The molecule has 1 aromatic rings. The van der Waals surface area contributed by atoms with Gasteiger partial charge in [0.05, 0.1) is 7.11 Å². The van der Waals surface area contributed by atoms with Gasteiger partial charge < -0.3 is 15.4 Å². The van der Waals surface area contributed by atoms with E-state index in [4.69, 9.17) is 4.74 Å². The Morgan fingerprint density at radius 3 is 2.39 bits per heavy atom. The molecule has 0 saturated heterocycles. The van der Waals surface area contributed by atoms with Crippen LogP contribution in [0.3, 0.4) is 0 Å². The minimum absolute atomic E-state index is 0.147. The summed E-state index contributed by atoms with van der Waals surface area (Å²) in [7, 11) is 1.63. The average molecular weight is 252 g/mol. The van der Waals surface area contributed by atoms with Crippen molar-refractivity contribution in [2.75, 3.05) is 24.3 Å². The second-order valence-corrected chi connectivity index (χ2v) is 5.37. The standard InChI is InChI=1S/C13H24N4O/c1-7-14-11-10(18-6)12(16-8-15-11)17-9(2)13(3,4)5/h8-9H,7H2,1-6H3,(H2,14,15,16,17). The number of nitrogens with one attached hydrogen (secondary N) is 2. The number of anilines is 2. The van der Waals surface area contributed by atoms with Crippen LogP contribution in [0.1, 0.15) is 34.6 Å². The van der Waals surface area contributed by atoms with Gasteiger partial charge in [-0.05, 0) is 19.3 Å².